The van der Waals surface area contributed by atoms with Gasteiger partial charge in [-0.15, -0.1) is 0 Å². The van der Waals surface area contributed by atoms with Crippen LogP contribution in [0.2, 0.25) is 0 Å². The van der Waals surface area contributed by atoms with Crippen molar-refractivity contribution in [3.05, 3.63) is 35.5 Å². The molecule has 0 aromatic rings. The fourth-order valence-corrected chi connectivity index (χ4v) is 2.65. The SMILES string of the molecule is CCOC(=O)/C=C(C)\C=C\[C@@H]1C(C)=CCCC1(C)C. The van der Waals surface area contributed by atoms with E-state index in [-0.39, 0.29) is 5.97 Å². The van der Waals surface area contributed by atoms with Crippen LogP contribution in [0.4, 0.5) is 0 Å². The standard InChI is InChI=1S/C17H26O2/c1-6-19-16(18)12-13(2)9-10-15-14(3)8-7-11-17(15,4)5/h8-10,12,15H,6-7,11H2,1-5H3/b10-9+,13-12-/t15-/m1/s1. The van der Waals surface area contributed by atoms with E-state index in [1.54, 1.807) is 6.08 Å². The average molecular weight is 262 g/mol. The second kappa shape index (κ2) is 6.74. The van der Waals surface area contributed by atoms with E-state index < -0.39 is 0 Å². The smallest absolute Gasteiger partial charge is 0.330 e. The lowest BCUT2D eigenvalue weighted by molar-refractivity contribution is -0.137. The predicted molar refractivity (Wildman–Crippen MR) is 79.8 cm³/mol. The molecule has 0 fully saturated rings. The fraction of sp³-hybridized carbons (Fsp3) is 0.588. The summed E-state index contributed by atoms with van der Waals surface area (Å²) in [5, 5.41) is 0. The largest absolute Gasteiger partial charge is 0.463 e. The van der Waals surface area contributed by atoms with Crippen LogP contribution in [-0.4, -0.2) is 12.6 Å². The van der Waals surface area contributed by atoms with Crippen molar-refractivity contribution < 1.29 is 9.53 Å². The molecule has 2 heteroatoms. The van der Waals surface area contributed by atoms with E-state index in [0.29, 0.717) is 17.9 Å². The van der Waals surface area contributed by atoms with Crippen molar-refractivity contribution in [1.82, 2.24) is 0 Å². The molecule has 1 aliphatic carbocycles. The van der Waals surface area contributed by atoms with Crippen molar-refractivity contribution in [2.24, 2.45) is 11.3 Å². The van der Waals surface area contributed by atoms with Crippen molar-refractivity contribution in [2.45, 2.75) is 47.5 Å². The topological polar surface area (TPSA) is 26.3 Å². The van der Waals surface area contributed by atoms with Crippen LogP contribution >= 0.6 is 0 Å². The number of allylic oxidation sites excluding steroid dienone is 5. The second-order valence-corrected chi connectivity index (χ2v) is 5.95. The molecule has 1 atom stereocenters. The number of rotatable bonds is 4. The minimum atomic E-state index is -0.264. The summed E-state index contributed by atoms with van der Waals surface area (Å²) in [5.41, 5.74) is 2.66. The second-order valence-electron chi connectivity index (χ2n) is 5.95. The lowest BCUT2D eigenvalue weighted by Gasteiger charge is -2.36. The minimum Gasteiger partial charge on any atom is -0.463 e. The Hall–Kier alpha value is -1.31. The van der Waals surface area contributed by atoms with Gasteiger partial charge in [0.25, 0.3) is 0 Å². The van der Waals surface area contributed by atoms with Crippen molar-refractivity contribution in [1.29, 1.82) is 0 Å². The lowest BCUT2D eigenvalue weighted by Crippen LogP contribution is -2.26. The van der Waals surface area contributed by atoms with Gasteiger partial charge in [0.2, 0.25) is 0 Å². The maximum absolute atomic E-state index is 11.4. The number of esters is 1. The predicted octanol–water partition coefficient (Wildman–Crippen LogP) is 4.43. The Bertz CT molecular complexity index is 411. The molecule has 0 N–H and O–H groups in total. The molecule has 0 aromatic heterocycles. The zero-order valence-electron chi connectivity index (χ0n) is 12.8. The normalized spacial score (nSPS) is 23.3. The fourth-order valence-electron chi connectivity index (χ4n) is 2.65. The van der Waals surface area contributed by atoms with Gasteiger partial charge in [-0.25, -0.2) is 4.79 Å². The van der Waals surface area contributed by atoms with Crippen LogP contribution in [0, 0.1) is 11.3 Å². The summed E-state index contributed by atoms with van der Waals surface area (Å²) < 4.78 is 4.91. The first-order valence-electron chi connectivity index (χ1n) is 7.06. The highest BCUT2D eigenvalue weighted by Crippen LogP contribution is 2.41. The average Bonchev–Trinajstić information content (AvgIpc) is 2.27. The molecule has 0 aliphatic heterocycles. The molecule has 0 heterocycles. The molecule has 0 spiro atoms. The van der Waals surface area contributed by atoms with Crippen LogP contribution < -0.4 is 0 Å². The van der Waals surface area contributed by atoms with Crippen molar-refractivity contribution in [2.75, 3.05) is 6.61 Å². The number of hydrogen-bond donors (Lipinski definition) is 0. The molecule has 0 radical (unpaired) electrons. The van der Waals surface area contributed by atoms with Gasteiger partial charge in [0, 0.05) is 12.0 Å². The molecule has 0 saturated heterocycles. The van der Waals surface area contributed by atoms with Crippen LogP contribution in [-0.2, 0) is 9.53 Å². The lowest BCUT2D eigenvalue weighted by atomic mass is 9.68. The molecule has 0 aromatic carbocycles. The quantitative estimate of drug-likeness (QED) is 0.324. The molecule has 0 saturated carbocycles. The molecule has 1 rings (SSSR count). The van der Waals surface area contributed by atoms with Crippen LogP contribution in [0.3, 0.4) is 0 Å². The van der Waals surface area contributed by atoms with Crippen LogP contribution in [0.25, 0.3) is 0 Å². The maximum Gasteiger partial charge on any atom is 0.330 e. The van der Waals surface area contributed by atoms with Crippen molar-refractivity contribution >= 4 is 5.97 Å². The Kier molecular flexibility index (Phi) is 5.59. The van der Waals surface area contributed by atoms with Gasteiger partial charge in [0.1, 0.15) is 0 Å². The van der Waals surface area contributed by atoms with Crippen LogP contribution in [0.15, 0.2) is 35.5 Å². The molecule has 19 heavy (non-hydrogen) atoms. The summed E-state index contributed by atoms with van der Waals surface area (Å²) >= 11 is 0. The highest BCUT2D eigenvalue weighted by molar-refractivity contribution is 5.83. The first kappa shape index (κ1) is 15.7. The van der Waals surface area contributed by atoms with Crippen LogP contribution in [0.5, 0.6) is 0 Å². The Balaban J connectivity index is 2.77. The molecular weight excluding hydrogens is 236 g/mol. The Morgan fingerprint density at radius 3 is 2.79 bits per heavy atom. The molecule has 0 bridgehead atoms. The van der Waals surface area contributed by atoms with Gasteiger partial charge in [-0.2, -0.15) is 0 Å². The van der Waals surface area contributed by atoms with E-state index in [9.17, 15) is 4.79 Å². The minimum absolute atomic E-state index is 0.264. The van der Waals surface area contributed by atoms with Crippen LogP contribution in [0.1, 0.15) is 47.5 Å². The summed E-state index contributed by atoms with van der Waals surface area (Å²) in [7, 11) is 0. The zero-order chi connectivity index (χ0) is 14.5. The van der Waals surface area contributed by atoms with Gasteiger partial charge in [0.15, 0.2) is 0 Å². The zero-order valence-corrected chi connectivity index (χ0v) is 12.8. The maximum atomic E-state index is 11.4. The van der Waals surface area contributed by atoms with E-state index in [1.807, 2.05) is 19.9 Å². The van der Waals surface area contributed by atoms with Gasteiger partial charge >= 0.3 is 5.97 Å². The first-order valence-corrected chi connectivity index (χ1v) is 7.06. The van der Waals surface area contributed by atoms with E-state index in [1.165, 1.54) is 18.4 Å². The van der Waals surface area contributed by atoms with Gasteiger partial charge in [-0.05, 0) is 44.6 Å². The Labute approximate surface area is 117 Å². The Morgan fingerprint density at radius 2 is 2.21 bits per heavy atom. The number of carbonyl (C=O) groups is 1. The van der Waals surface area contributed by atoms with Gasteiger partial charge < -0.3 is 4.74 Å². The third kappa shape index (κ3) is 4.70. The molecule has 106 valence electrons. The van der Waals surface area contributed by atoms with E-state index >= 15 is 0 Å². The van der Waals surface area contributed by atoms with Gasteiger partial charge in [0.05, 0.1) is 6.61 Å². The first-order chi connectivity index (χ1) is 8.86. The van der Waals surface area contributed by atoms with Gasteiger partial charge in [-0.3, -0.25) is 0 Å². The summed E-state index contributed by atoms with van der Waals surface area (Å²) in [6, 6.07) is 0. The van der Waals surface area contributed by atoms with Crippen molar-refractivity contribution in [3.8, 4) is 0 Å². The summed E-state index contributed by atoms with van der Waals surface area (Å²) in [5.74, 6) is 0.187. The third-order valence-electron chi connectivity index (χ3n) is 3.77. The van der Waals surface area contributed by atoms with Gasteiger partial charge in [-0.1, -0.05) is 37.6 Å². The highest BCUT2D eigenvalue weighted by atomic mass is 16.5. The summed E-state index contributed by atoms with van der Waals surface area (Å²) in [4.78, 5) is 11.4. The third-order valence-corrected chi connectivity index (χ3v) is 3.77. The van der Waals surface area contributed by atoms with Crippen molar-refractivity contribution in [3.63, 3.8) is 0 Å². The molecule has 2 nitrogen and oxygen atoms in total. The summed E-state index contributed by atoms with van der Waals surface area (Å²) in [6.07, 6.45) is 10.5. The number of carbonyl (C=O) groups excluding carboxylic acids is 1. The molecule has 0 unspecified atom stereocenters. The monoisotopic (exact) mass is 262 g/mol. The molecule has 0 amide bonds. The van der Waals surface area contributed by atoms with E-state index in [2.05, 4.69) is 32.9 Å². The number of ether oxygens (including phenoxy) is 1. The van der Waals surface area contributed by atoms with E-state index in [0.717, 1.165) is 5.57 Å². The molecular formula is C17H26O2. The molecule has 1 aliphatic rings. The Morgan fingerprint density at radius 1 is 1.53 bits per heavy atom. The van der Waals surface area contributed by atoms with E-state index in [4.69, 9.17) is 4.74 Å². The highest BCUT2D eigenvalue weighted by Gasteiger charge is 2.30. The summed E-state index contributed by atoms with van der Waals surface area (Å²) in [6.45, 7) is 11.0. The number of hydrogen-bond acceptors (Lipinski definition) is 2.